The first-order chi connectivity index (χ1) is 15.4. The van der Waals surface area contributed by atoms with Crippen molar-refractivity contribution in [3.05, 3.63) is 0 Å². The van der Waals surface area contributed by atoms with Crippen molar-refractivity contribution in [3.8, 4) is 0 Å². The summed E-state index contributed by atoms with van der Waals surface area (Å²) in [6.07, 6.45) is -8.35. The third-order valence-corrected chi connectivity index (χ3v) is 7.44. The molecule has 6 N–H and O–H groups in total. The fourth-order valence-electron chi connectivity index (χ4n) is 4.97. The molecule has 0 aromatic heterocycles. The number of hydrogen-bond donors (Lipinski definition) is 6. The highest BCUT2D eigenvalue weighted by Gasteiger charge is 2.54. The molecule has 0 aromatic rings. The molecule has 10 atom stereocenters. The second-order valence-electron chi connectivity index (χ2n) is 9.36. The van der Waals surface area contributed by atoms with E-state index in [1.165, 1.54) is 14.0 Å². The van der Waals surface area contributed by atoms with E-state index in [0.717, 1.165) is 0 Å². The van der Waals surface area contributed by atoms with Crippen LogP contribution in [-0.2, 0) is 23.8 Å². The number of methoxy groups -OCH3 is 1. The van der Waals surface area contributed by atoms with Gasteiger partial charge in [0.15, 0.2) is 0 Å². The lowest BCUT2D eigenvalue weighted by molar-refractivity contribution is -0.262. The molecular weight excluding hydrogens is 438 g/mol. The van der Waals surface area contributed by atoms with Crippen molar-refractivity contribution >= 4 is 11.9 Å². The summed E-state index contributed by atoms with van der Waals surface area (Å²) in [4.78, 5) is 23.8. The van der Waals surface area contributed by atoms with Crippen LogP contribution in [0.25, 0.3) is 0 Å². The number of ether oxygens (including phenoxy) is 3. The van der Waals surface area contributed by atoms with Gasteiger partial charge in [-0.3, -0.25) is 9.59 Å². The van der Waals surface area contributed by atoms with Crippen LogP contribution < -0.4 is 5.32 Å². The summed E-state index contributed by atoms with van der Waals surface area (Å²) in [5, 5.41) is 54.3. The first-order valence-corrected chi connectivity index (χ1v) is 11.4. The Kier molecular flexibility index (Phi) is 9.63. The molecule has 1 amide bonds. The van der Waals surface area contributed by atoms with Gasteiger partial charge in [-0.15, -0.1) is 0 Å². The predicted octanol–water partition coefficient (Wildman–Crippen LogP) is -0.967. The Bertz CT molecular complexity index is 672. The molecule has 2 rings (SSSR count). The van der Waals surface area contributed by atoms with Crippen LogP contribution in [0.5, 0.6) is 0 Å². The van der Waals surface area contributed by atoms with Crippen LogP contribution in [0.4, 0.5) is 0 Å². The van der Waals surface area contributed by atoms with Crippen molar-refractivity contribution in [2.24, 2.45) is 11.3 Å². The van der Waals surface area contributed by atoms with Crippen LogP contribution in [0.2, 0.25) is 0 Å². The van der Waals surface area contributed by atoms with Gasteiger partial charge in [-0.2, -0.15) is 0 Å². The number of aliphatic hydroxyl groups is 4. The Morgan fingerprint density at radius 1 is 1.09 bits per heavy atom. The Labute approximate surface area is 194 Å². The smallest absolute Gasteiger partial charge is 0.309 e. The Balaban J connectivity index is 2.44. The molecule has 1 aliphatic heterocycles. The SMILES string of the molecule is CCC(C)(CC)C1OC(CO)C(O)C(OC2CC(C(=O)O)C(OC)C(O)C2O)C1NC(C)=O. The molecule has 2 fully saturated rings. The lowest BCUT2D eigenvalue weighted by Gasteiger charge is -2.52. The van der Waals surface area contributed by atoms with Gasteiger partial charge in [-0.25, -0.2) is 0 Å². The molecule has 1 aliphatic carbocycles. The number of aliphatic hydroxyl groups excluding tert-OH is 4. The van der Waals surface area contributed by atoms with E-state index in [2.05, 4.69) is 5.32 Å². The fourth-order valence-corrected chi connectivity index (χ4v) is 4.97. The molecule has 0 radical (unpaired) electrons. The molecule has 1 heterocycles. The summed E-state index contributed by atoms with van der Waals surface area (Å²) in [6, 6.07) is -0.849. The molecule has 11 heteroatoms. The molecule has 1 saturated heterocycles. The minimum absolute atomic E-state index is 0.184. The molecule has 1 saturated carbocycles. The highest BCUT2D eigenvalue weighted by atomic mass is 16.6. The van der Waals surface area contributed by atoms with E-state index in [1.54, 1.807) is 0 Å². The Hall–Kier alpha value is -1.34. The number of nitrogens with one attached hydrogen (secondary N) is 1. The van der Waals surface area contributed by atoms with Crippen molar-refractivity contribution in [1.29, 1.82) is 0 Å². The largest absolute Gasteiger partial charge is 0.481 e. The topological polar surface area (TPSA) is 175 Å². The second kappa shape index (κ2) is 11.4. The van der Waals surface area contributed by atoms with Crippen molar-refractivity contribution in [2.45, 2.75) is 102 Å². The highest BCUT2D eigenvalue weighted by Crippen LogP contribution is 2.41. The maximum atomic E-state index is 12.1. The number of carboxylic acids is 1. The van der Waals surface area contributed by atoms with E-state index in [0.29, 0.717) is 12.8 Å². The molecule has 192 valence electrons. The second-order valence-corrected chi connectivity index (χ2v) is 9.36. The van der Waals surface area contributed by atoms with Crippen LogP contribution in [0.3, 0.4) is 0 Å². The average Bonchev–Trinajstić information content (AvgIpc) is 2.77. The van der Waals surface area contributed by atoms with E-state index in [9.17, 15) is 35.1 Å². The van der Waals surface area contributed by atoms with Crippen LogP contribution in [0.1, 0.15) is 47.0 Å². The summed E-state index contributed by atoms with van der Waals surface area (Å²) in [7, 11) is 1.25. The standard InChI is InChI=1S/C22H39NO10/c1-6-22(4,7-2)20-14(23-10(3)25)19(16(27)13(9-24)33-20)32-12-8-11(21(29)30)18(31-5)17(28)15(12)26/h11-20,24,26-28H,6-9H2,1-5H3,(H,23,25)(H,29,30). The molecular formula is C22H39NO10. The van der Waals surface area contributed by atoms with Crippen LogP contribution >= 0.6 is 0 Å². The lowest BCUT2D eigenvalue weighted by Crippen LogP contribution is -2.69. The summed E-state index contributed by atoms with van der Waals surface area (Å²) < 4.78 is 17.2. The lowest BCUT2D eigenvalue weighted by atomic mass is 9.72. The summed E-state index contributed by atoms with van der Waals surface area (Å²) in [6.45, 7) is 6.72. The molecule has 2 aliphatic rings. The van der Waals surface area contributed by atoms with Gasteiger partial charge in [-0.1, -0.05) is 20.8 Å². The van der Waals surface area contributed by atoms with Gasteiger partial charge in [0.25, 0.3) is 0 Å². The average molecular weight is 478 g/mol. The number of rotatable bonds is 9. The Morgan fingerprint density at radius 2 is 1.70 bits per heavy atom. The van der Waals surface area contributed by atoms with E-state index >= 15 is 0 Å². The van der Waals surface area contributed by atoms with Gasteiger partial charge in [0.2, 0.25) is 5.91 Å². The molecule has 0 spiro atoms. The van der Waals surface area contributed by atoms with Crippen LogP contribution in [0, 0.1) is 11.3 Å². The van der Waals surface area contributed by atoms with E-state index in [4.69, 9.17) is 14.2 Å². The Morgan fingerprint density at radius 3 is 2.15 bits per heavy atom. The number of carbonyl (C=O) groups is 2. The first kappa shape index (κ1) is 27.9. The third kappa shape index (κ3) is 5.67. The molecule has 0 bridgehead atoms. The monoisotopic (exact) mass is 477 g/mol. The number of carbonyl (C=O) groups excluding carboxylic acids is 1. The first-order valence-electron chi connectivity index (χ1n) is 11.4. The van der Waals surface area contributed by atoms with Gasteiger partial charge in [0.1, 0.15) is 30.5 Å². The summed E-state index contributed by atoms with van der Waals surface area (Å²) >= 11 is 0. The zero-order valence-electron chi connectivity index (χ0n) is 19.9. The van der Waals surface area contributed by atoms with E-state index < -0.39 is 84.7 Å². The van der Waals surface area contributed by atoms with Crippen molar-refractivity contribution in [2.75, 3.05) is 13.7 Å². The normalized spacial score (nSPS) is 39.8. The van der Waals surface area contributed by atoms with Crippen LogP contribution in [0.15, 0.2) is 0 Å². The zero-order valence-corrected chi connectivity index (χ0v) is 19.9. The molecule has 11 nitrogen and oxygen atoms in total. The summed E-state index contributed by atoms with van der Waals surface area (Å²) in [5.41, 5.74) is -0.447. The number of carboxylic acid groups (broad SMARTS) is 1. The fraction of sp³-hybridized carbons (Fsp3) is 0.909. The quantitative estimate of drug-likeness (QED) is 0.242. The van der Waals surface area contributed by atoms with Gasteiger partial charge < -0.3 is 45.1 Å². The highest BCUT2D eigenvalue weighted by molar-refractivity contribution is 5.73. The molecule has 0 aromatic carbocycles. The number of hydrogen-bond acceptors (Lipinski definition) is 9. The third-order valence-electron chi connectivity index (χ3n) is 7.44. The van der Waals surface area contributed by atoms with Gasteiger partial charge >= 0.3 is 5.97 Å². The number of amides is 1. The van der Waals surface area contributed by atoms with Gasteiger partial charge in [-0.05, 0) is 24.7 Å². The minimum atomic E-state index is -1.54. The van der Waals surface area contributed by atoms with E-state index in [-0.39, 0.29) is 6.42 Å². The number of aliphatic carboxylic acids is 1. The van der Waals surface area contributed by atoms with E-state index in [1.807, 2.05) is 20.8 Å². The van der Waals surface area contributed by atoms with Crippen molar-refractivity contribution in [3.63, 3.8) is 0 Å². The maximum Gasteiger partial charge on any atom is 0.309 e. The van der Waals surface area contributed by atoms with Crippen molar-refractivity contribution in [1.82, 2.24) is 5.32 Å². The minimum Gasteiger partial charge on any atom is -0.481 e. The van der Waals surface area contributed by atoms with Crippen LogP contribution in [-0.4, -0.2) is 106 Å². The van der Waals surface area contributed by atoms with Gasteiger partial charge in [0.05, 0.1) is 36.9 Å². The zero-order chi connectivity index (χ0) is 25.1. The van der Waals surface area contributed by atoms with Crippen molar-refractivity contribution < 1.29 is 49.3 Å². The predicted molar refractivity (Wildman–Crippen MR) is 115 cm³/mol. The molecule has 33 heavy (non-hydrogen) atoms. The molecule has 10 unspecified atom stereocenters. The maximum absolute atomic E-state index is 12.1. The summed E-state index contributed by atoms with van der Waals surface area (Å²) in [5.74, 6) is -2.77. The van der Waals surface area contributed by atoms with Gasteiger partial charge in [0, 0.05) is 14.0 Å².